The van der Waals surface area contributed by atoms with Crippen molar-refractivity contribution in [3.63, 3.8) is 0 Å². The van der Waals surface area contributed by atoms with Crippen molar-refractivity contribution in [2.24, 2.45) is 0 Å². The molecule has 4 aromatic rings. The Kier molecular flexibility index (Phi) is 25.6. The van der Waals surface area contributed by atoms with E-state index in [0.717, 1.165) is 22.3 Å². The molecule has 4 amide bonds. The number of benzene rings is 4. The van der Waals surface area contributed by atoms with Crippen molar-refractivity contribution in [3.8, 4) is 0 Å². The summed E-state index contributed by atoms with van der Waals surface area (Å²) in [5, 5.41) is 11.4. The maximum atomic E-state index is 14.7. The normalized spacial score (nSPS) is 17.9. The molecule has 0 saturated carbocycles. The van der Waals surface area contributed by atoms with Gasteiger partial charge < -0.3 is 40.2 Å². The second-order valence-electron chi connectivity index (χ2n) is 27.0. The Morgan fingerprint density at radius 2 is 0.477 bits per heavy atom. The fourth-order valence-corrected chi connectivity index (χ4v) is 10.6. The number of esters is 4. The van der Waals surface area contributed by atoms with E-state index >= 15 is 0 Å². The maximum absolute atomic E-state index is 14.7. The number of hydrogen-bond donors (Lipinski definition) is 4. The van der Waals surface area contributed by atoms with Crippen LogP contribution < -0.4 is 21.3 Å². The molecule has 4 aromatic carbocycles. The molecule has 5 rings (SSSR count). The van der Waals surface area contributed by atoms with Gasteiger partial charge in [0.1, 0.15) is 22.4 Å². The van der Waals surface area contributed by atoms with E-state index in [1.165, 1.54) is 27.7 Å². The van der Waals surface area contributed by atoms with E-state index in [1.54, 1.807) is 83.1 Å². The van der Waals surface area contributed by atoms with Crippen LogP contribution in [0.25, 0.3) is 0 Å². The van der Waals surface area contributed by atoms with Gasteiger partial charge >= 0.3 is 23.9 Å². The average Bonchev–Trinajstić information content (AvgIpc) is 1.22. The lowest BCUT2D eigenvalue weighted by atomic mass is 9.95. The van der Waals surface area contributed by atoms with Crippen molar-refractivity contribution >= 4 is 70.3 Å². The fourth-order valence-electron chi connectivity index (χ4n) is 10.6. The largest absolute Gasteiger partial charge is 0.459 e. The first-order chi connectivity index (χ1) is 40.9. The molecule has 20 heteroatoms. The summed E-state index contributed by atoms with van der Waals surface area (Å²) in [6.07, 6.45) is 1.20. The molecular weight excluding hydrogens is 1120 g/mol. The molecule has 480 valence electrons. The SMILES string of the molecule is CC(=O)Nc1ccc(C[C@H]2CN(CC(=O)OC(C)(C)C)[C@@H](Cc3ccc(NC(C)=O)cc3)CN(CC(=O)OC(C)(C)C)[C@@H](Cc3ccc(NC(C)=O)cc3)CN(CC(=O)OC(C)(C)C)[C@@H](Cc3ccc(NC(C)=O)cc3)CN2CC(=O)OC(C)(C)C)cc1. The molecule has 88 heavy (non-hydrogen) atoms. The third-order valence-electron chi connectivity index (χ3n) is 13.8. The molecule has 1 aliphatic heterocycles. The van der Waals surface area contributed by atoms with Gasteiger partial charge in [0, 0.05) is 101 Å². The molecule has 0 unspecified atom stereocenters. The number of carbonyl (C=O) groups is 8. The molecule has 0 aliphatic carbocycles. The van der Waals surface area contributed by atoms with Crippen molar-refractivity contribution in [1.82, 2.24) is 19.6 Å². The number of anilines is 4. The molecule has 0 bridgehead atoms. The van der Waals surface area contributed by atoms with Gasteiger partial charge in [-0.2, -0.15) is 0 Å². The van der Waals surface area contributed by atoms with E-state index in [0.29, 0.717) is 48.4 Å². The quantitative estimate of drug-likeness (QED) is 0.0478. The minimum absolute atomic E-state index is 0.129. The van der Waals surface area contributed by atoms with Crippen LogP contribution in [0.4, 0.5) is 22.7 Å². The highest BCUT2D eigenvalue weighted by atomic mass is 16.6. The van der Waals surface area contributed by atoms with Crippen molar-refractivity contribution in [2.75, 3.05) is 73.6 Å². The Morgan fingerprint density at radius 3 is 0.614 bits per heavy atom. The van der Waals surface area contributed by atoms with Gasteiger partial charge in [-0.15, -0.1) is 0 Å². The van der Waals surface area contributed by atoms with Crippen LogP contribution in [-0.2, 0) is 83.0 Å². The lowest BCUT2D eigenvalue weighted by Crippen LogP contribution is -2.61. The molecule has 4 N–H and O–H groups in total. The molecule has 0 radical (unpaired) electrons. The number of rotatable bonds is 20. The van der Waals surface area contributed by atoms with Crippen molar-refractivity contribution in [3.05, 3.63) is 119 Å². The third kappa shape index (κ3) is 26.8. The highest BCUT2D eigenvalue weighted by Gasteiger charge is 2.39. The van der Waals surface area contributed by atoms with Gasteiger partial charge in [-0.05, 0) is 180 Å². The lowest BCUT2D eigenvalue weighted by Gasteiger charge is -2.46. The number of amides is 4. The van der Waals surface area contributed by atoms with Crippen molar-refractivity contribution in [2.45, 2.75) is 183 Å². The second-order valence-corrected chi connectivity index (χ2v) is 27.0. The molecule has 1 fully saturated rings. The van der Waals surface area contributed by atoms with E-state index in [4.69, 9.17) is 18.9 Å². The molecule has 4 atom stereocenters. The highest BCUT2D eigenvalue weighted by Crippen LogP contribution is 2.27. The van der Waals surface area contributed by atoms with Gasteiger partial charge in [0.05, 0.1) is 26.2 Å². The zero-order chi connectivity index (χ0) is 65.3. The molecular formula is C68H96N8O12. The Hall–Kier alpha value is -7.52. The van der Waals surface area contributed by atoms with Gasteiger partial charge in [-0.3, -0.25) is 58.0 Å². The number of hydrogen-bond acceptors (Lipinski definition) is 16. The molecule has 1 heterocycles. The van der Waals surface area contributed by atoms with Crippen LogP contribution >= 0.6 is 0 Å². The van der Waals surface area contributed by atoms with Crippen LogP contribution in [0.1, 0.15) is 133 Å². The maximum Gasteiger partial charge on any atom is 0.320 e. The number of nitrogens with one attached hydrogen (secondary N) is 4. The van der Waals surface area contributed by atoms with E-state index in [2.05, 4.69) is 40.9 Å². The van der Waals surface area contributed by atoms with E-state index in [9.17, 15) is 38.4 Å². The van der Waals surface area contributed by atoms with Gasteiger partial charge in [0.2, 0.25) is 23.6 Å². The summed E-state index contributed by atoms with van der Waals surface area (Å²) in [5.74, 6) is -3.00. The topological polar surface area (TPSA) is 235 Å². The van der Waals surface area contributed by atoms with Crippen LogP contribution in [-0.4, -0.2) is 166 Å². The van der Waals surface area contributed by atoms with Crippen LogP contribution in [0.2, 0.25) is 0 Å². The Labute approximate surface area is 521 Å². The predicted octanol–water partition coefficient (Wildman–Crippen LogP) is 8.85. The molecule has 1 aliphatic rings. The van der Waals surface area contributed by atoms with E-state index in [1.807, 2.05) is 97.1 Å². The summed E-state index contributed by atoms with van der Waals surface area (Å²) >= 11 is 0. The molecule has 0 aromatic heterocycles. The minimum Gasteiger partial charge on any atom is -0.459 e. The summed E-state index contributed by atoms with van der Waals surface area (Å²) in [6, 6.07) is 27.4. The number of nitrogens with zero attached hydrogens (tertiary/aromatic N) is 4. The van der Waals surface area contributed by atoms with Crippen LogP contribution in [0, 0.1) is 0 Å². The first-order valence-electron chi connectivity index (χ1n) is 30.2. The van der Waals surface area contributed by atoms with Crippen LogP contribution in [0.15, 0.2) is 97.1 Å². The number of ether oxygens (including phenoxy) is 4. The van der Waals surface area contributed by atoms with Gasteiger partial charge in [0.25, 0.3) is 0 Å². The first-order valence-corrected chi connectivity index (χ1v) is 30.2. The van der Waals surface area contributed by atoms with E-state index in [-0.39, 0.29) is 76.0 Å². The van der Waals surface area contributed by atoms with Gasteiger partial charge in [-0.25, -0.2) is 0 Å². The zero-order valence-corrected chi connectivity index (χ0v) is 54.7. The Bertz CT molecular complexity index is 2590. The summed E-state index contributed by atoms with van der Waals surface area (Å²) in [6.45, 7) is 27.0. The monoisotopic (exact) mass is 1220 g/mol. The van der Waals surface area contributed by atoms with Crippen LogP contribution in [0.3, 0.4) is 0 Å². The van der Waals surface area contributed by atoms with E-state index < -0.39 is 70.4 Å². The summed E-state index contributed by atoms with van der Waals surface area (Å²) in [4.78, 5) is 116. The minimum atomic E-state index is -0.884. The zero-order valence-electron chi connectivity index (χ0n) is 54.7. The molecule has 20 nitrogen and oxygen atoms in total. The Morgan fingerprint density at radius 1 is 0.318 bits per heavy atom. The first kappa shape index (κ1) is 71.2. The lowest BCUT2D eigenvalue weighted by molar-refractivity contribution is -0.161. The second kappa shape index (κ2) is 31.6. The summed E-state index contributed by atoms with van der Waals surface area (Å²) in [5.41, 5.74) is 2.17. The average molecular weight is 1220 g/mol. The number of carbonyl (C=O) groups excluding carboxylic acids is 8. The van der Waals surface area contributed by atoms with Gasteiger partial charge in [-0.1, -0.05) is 48.5 Å². The third-order valence-corrected chi connectivity index (χ3v) is 13.8. The predicted molar refractivity (Wildman–Crippen MR) is 343 cm³/mol. The summed E-state index contributed by atoms with van der Waals surface area (Å²) < 4.78 is 24.6. The standard InChI is InChI=1S/C68H96N8O12/c1-45(77)69-53-25-17-49(18-26-53)33-57-37-74(42-62(82)86-66(8,9)10)59(35-51-21-29-55(30-22-51)71-47(3)79)39-76(44-64(84)88-68(14,15)16)60(36-52-23-31-56(32-24-52)72-48(4)80)40-75(43-63(83)87-67(11,12)13)58(38-73(57)41-61(81)85-65(5,6)7)34-50-19-27-54(28-20-50)70-46(2)78/h17-32,57-60H,33-44H2,1-16H3,(H,69,77)(H,70,78)(H,71,79)(H,72,80)/t57-,58-,59-,60-/m0/s1. The smallest absolute Gasteiger partial charge is 0.320 e. The van der Waals surface area contributed by atoms with Crippen molar-refractivity contribution in [1.29, 1.82) is 0 Å². The summed E-state index contributed by atoms with van der Waals surface area (Å²) in [7, 11) is 0. The van der Waals surface area contributed by atoms with Crippen LogP contribution in [0.5, 0.6) is 0 Å². The Balaban J connectivity index is 1.93. The van der Waals surface area contributed by atoms with Gasteiger partial charge in [0.15, 0.2) is 0 Å². The highest BCUT2D eigenvalue weighted by molar-refractivity contribution is 5.90. The molecule has 1 saturated heterocycles. The van der Waals surface area contributed by atoms with Crippen molar-refractivity contribution < 1.29 is 57.3 Å². The molecule has 0 spiro atoms. The fraction of sp³-hybridized carbons (Fsp3) is 0.529.